The van der Waals surface area contributed by atoms with E-state index in [9.17, 15) is 10.1 Å². The highest BCUT2D eigenvalue weighted by Crippen LogP contribution is 2.27. The van der Waals surface area contributed by atoms with Crippen LogP contribution in [0.1, 0.15) is 11.5 Å². The number of nitro benzene ring substituents is 1. The van der Waals surface area contributed by atoms with E-state index < -0.39 is 4.92 Å². The normalized spacial score (nSPS) is 11.2. The first kappa shape index (κ1) is 15.2. The van der Waals surface area contributed by atoms with Gasteiger partial charge in [-0.15, -0.1) is 0 Å². The second-order valence-corrected chi connectivity index (χ2v) is 5.54. The molecule has 0 aliphatic heterocycles. The molecule has 0 N–H and O–H groups in total. The summed E-state index contributed by atoms with van der Waals surface area (Å²) in [5.74, 6) is 1.13. The second-order valence-electron chi connectivity index (χ2n) is 4.69. The van der Waals surface area contributed by atoms with Gasteiger partial charge in [0, 0.05) is 18.2 Å². The highest BCUT2D eigenvalue weighted by Gasteiger charge is 2.10. The van der Waals surface area contributed by atoms with Crippen LogP contribution in [0, 0.1) is 10.1 Å². The fraction of sp³-hybridized carbons (Fsp3) is 0.0625. The SMILES string of the molecule is COc1ccc(/C=C/c2nc3cc([N+](=O)[O-])ccc3o2)cc1Br. The first-order valence-corrected chi connectivity index (χ1v) is 7.43. The van der Waals surface area contributed by atoms with E-state index in [1.807, 2.05) is 24.3 Å². The molecule has 3 rings (SSSR count). The number of benzene rings is 2. The van der Waals surface area contributed by atoms with Crippen molar-refractivity contribution in [2.24, 2.45) is 0 Å². The lowest BCUT2D eigenvalue weighted by atomic mass is 10.2. The van der Waals surface area contributed by atoms with Gasteiger partial charge in [-0.1, -0.05) is 6.07 Å². The van der Waals surface area contributed by atoms with Crippen molar-refractivity contribution >= 4 is 44.9 Å². The number of aromatic nitrogens is 1. The zero-order chi connectivity index (χ0) is 16.4. The zero-order valence-corrected chi connectivity index (χ0v) is 13.6. The van der Waals surface area contributed by atoms with Crippen molar-refractivity contribution in [3.05, 3.63) is 62.4 Å². The summed E-state index contributed by atoms with van der Waals surface area (Å²) in [5.41, 5.74) is 1.88. The van der Waals surface area contributed by atoms with Gasteiger partial charge in [-0.2, -0.15) is 0 Å². The van der Waals surface area contributed by atoms with Crippen LogP contribution in [-0.2, 0) is 0 Å². The lowest BCUT2D eigenvalue weighted by Crippen LogP contribution is -1.86. The lowest BCUT2D eigenvalue weighted by molar-refractivity contribution is -0.384. The molecular formula is C16H11BrN2O4. The number of halogens is 1. The van der Waals surface area contributed by atoms with Crippen molar-refractivity contribution in [1.29, 1.82) is 0 Å². The summed E-state index contributed by atoms with van der Waals surface area (Å²) < 4.78 is 11.6. The molecule has 0 atom stereocenters. The Morgan fingerprint density at radius 2 is 2.09 bits per heavy atom. The van der Waals surface area contributed by atoms with E-state index in [2.05, 4.69) is 20.9 Å². The number of hydrogen-bond donors (Lipinski definition) is 0. The number of fused-ring (bicyclic) bond motifs is 1. The summed E-state index contributed by atoms with van der Waals surface area (Å²) in [5, 5.41) is 10.8. The summed E-state index contributed by atoms with van der Waals surface area (Å²) >= 11 is 3.42. The van der Waals surface area contributed by atoms with Gasteiger partial charge in [-0.25, -0.2) is 4.98 Å². The highest BCUT2D eigenvalue weighted by atomic mass is 79.9. The third-order valence-electron chi connectivity index (χ3n) is 3.19. The Kier molecular flexibility index (Phi) is 4.12. The van der Waals surface area contributed by atoms with Gasteiger partial charge >= 0.3 is 0 Å². The number of oxazole rings is 1. The van der Waals surface area contributed by atoms with Crippen molar-refractivity contribution in [3.8, 4) is 5.75 Å². The number of nitro groups is 1. The topological polar surface area (TPSA) is 78.4 Å². The molecule has 0 aliphatic carbocycles. The maximum absolute atomic E-state index is 10.8. The van der Waals surface area contributed by atoms with Crippen LogP contribution >= 0.6 is 15.9 Å². The van der Waals surface area contributed by atoms with Gasteiger partial charge in [0.1, 0.15) is 11.3 Å². The molecule has 7 heteroatoms. The van der Waals surface area contributed by atoms with Gasteiger partial charge in [-0.3, -0.25) is 10.1 Å². The number of methoxy groups -OCH3 is 1. The van der Waals surface area contributed by atoms with E-state index in [0.717, 1.165) is 15.8 Å². The molecule has 0 aliphatic rings. The standard InChI is InChI=1S/C16H11BrN2O4/c1-22-14-5-2-10(8-12(14)17)3-7-16-18-13-9-11(19(20)21)4-6-15(13)23-16/h2-9H,1H3/b7-3+. The molecular weight excluding hydrogens is 364 g/mol. The van der Waals surface area contributed by atoms with E-state index >= 15 is 0 Å². The Balaban J connectivity index is 1.88. The molecule has 0 fully saturated rings. The fourth-order valence-electron chi connectivity index (χ4n) is 2.07. The van der Waals surface area contributed by atoms with Crippen molar-refractivity contribution in [3.63, 3.8) is 0 Å². The Morgan fingerprint density at radius 1 is 1.26 bits per heavy atom. The molecule has 1 heterocycles. The van der Waals surface area contributed by atoms with Gasteiger partial charge in [0.25, 0.3) is 5.69 Å². The maximum atomic E-state index is 10.8. The van der Waals surface area contributed by atoms with Crippen LogP contribution in [0.25, 0.3) is 23.3 Å². The summed E-state index contributed by atoms with van der Waals surface area (Å²) in [6, 6.07) is 9.97. The average Bonchev–Trinajstić information content (AvgIpc) is 2.95. The molecule has 0 unspecified atom stereocenters. The molecule has 1 aromatic heterocycles. The predicted molar refractivity (Wildman–Crippen MR) is 90.3 cm³/mol. The van der Waals surface area contributed by atoms with Crippen molar-refractivity contribution in [2.45, 2.75) is 0 Å². The van der Waals surface area contributed by atoms with Gasteiger partial charge in [0.05, 0.1) is 16.5 Å². The molecule has 0 radical (unpaired) electrons. The molecule has 0 amide bonds. The second kappa shape index (κ2) is 6.21. The first-order chi connectivity index (χ1) is 11.1. The summed E-state index contributed by atoms with van der Waals surface area (Å²) in [7, 11) is 1.60. The molecule has 23 heavy (non-hydrogen) atoms. The van der Waals surface area contributed by atoms with Gasteiger partial charge < -0.3 is 9.15 Å². The average molecular weight is 375 g/mol. The van der Waals surface area contributed by atoms with E-state index in [-0.39, 0.29) is 5.69 Å². The molecule has 0 spiro atoms. The van der Waals surface area contributed by atoms with Crippen molar-refractivity contribution in [2.75, 3.05) is 7.11 Å². The zero-order valence-electron chi connectivity index (χ0n) is 12.0. The van der Waals surface area contributed by atoms with Crippen LogP contribution in [0.3, 0.4) is 0 Å². The molecule has 0 bridgehead atoms. The molecule has 116 valence electrons. The summed E-state index contributed by atoms with van der Waals surface area (Å²) in [6.45, 7) is 0. The van der Waals surface area contributed by atoms with Gasteiger partial charge in [0.15, 0.2) is 5.58 Å². The minimum atomic E-state index is -0.460. The Bertz CT molecular complexity index is 918. The summed E-state index contributed by atoms with van der Waals surface area (Å²) in [6.07, 6.45) is 3.55. The van der Waals surface area contributed by atoms with Crippen LogP contribution < -0.4 is 4.74 Å². The van der Waals surface area contributed by atoms with E-state index in [1.165, 1.54) is 12.1 Å². The Morgan fingerprint density at radius 3 is 2.78 bits per heavy atom. The highest BCUT2D eigenvalue weighted by molar-refractivity contribution is 9.10. The molecule has 2 aromatic carbocycles. The van der Waals surface area contributed by atoms with Crippen LogP contribution in [0.2, 0.25) is 0 Å². The van der Waals surface area contributed by atoms with Crippen molar-refractivity contribution < 1.29 is 14.1 Å². The van der Waals surface area contributed by atoms with Gasteiger partial charge in [-0.05, 0) is 45.8 Å². The van der Waals surface area contributed by atoms with Crippen LogP contribution in [0.5, 0.6) is 5.75 Å². The predicted octanol–water partition coefficient (Wildman–Crippen LogP) is 4.68. The Hall–Kier alpha value is -2.67. The number of non-ortho nitro benzene ring substituents is 1. The molecule has 0 saturated heterocycles. The van der Waals surface area contributed by atoms with Crippen LogP contribution in [-0.4, -0.2) is 17.0 Å². The Labute approximate surface area is 139 Å². The van der Waals surface area contributed by atoms with E-state index in [1.54, 1.807) is 19.3 Å². The third kappa shape index (κ3) is 3.24. The monoisotopic (exact) mass is 374 g/mol. The molecule has 0 saturated carbocycles. The van der Waals surface area contributed by atoms with Crippen LogP contribution in [0.15, 0.2) is 45.3 Å². The van der Waals surface area contributed by atoms with Crippen molar-refractivity contribution in [1.82, 2.24) is 4.98 Å². The maximum Gasteiger partial charge on any atom is 0.271 e. The third-order valence-corrected chi connectivity index (χ3v) is 3.81. The molecule has 6 nitrogen and oxygen atoms in total. The van der Waals surface area contributed by atoms with Crippen LogP contribution in [0.4, 0.5) is 5.69 Å². The number of nitrogens with zero attached hydrogens (tertiary/aromatic N) is 2. The van der Waals surface area contributed by atoms with E-state index in [4.69, 9.17) is 9.15 Å². The largest absolute Gasteiger partial charge is 0.496 e. The molecule has 3 aromatic rings. The minimum absolute atomic E-state index is 0.0135. The van der Waals surface area contributed by atoms with Gasteiger partial charge in [0.2, 0.25) is 5.89 Å². The first-order valence-electron chi connectivity index (χ1n) is 6.63. The van der Waals surface area contributed by atoms with E-state index in [0.29, 0.717) is 17.0 Å². The quantitative estimate of drug-likeness (QED) is 0.489. The summed E-state index contributed by atoms with van der Waals surface area (Å²) in [4.78, 5) is 14.5. The fourth-order valence-corrected chi connectivity index (χ4v) is 2.63. The number of hydrogen-bond acceptors (Lipinski definition) is 5. The number of ether oxygens (including phenoxy) is 1. The number of rotatable bonds is 4. The smallest absolute Gasteiger partial charge is 0.271 e. The lowest BCUT2D eigenvalue weighted by Gasteiger charge is -2.02. The minimum Gasteiger partial charge on any atom is -0.496 e.